The van der Waals surface area contributed by atoms with Crippen LogP contribution in [-0.4, -0.2) is 32.1 Å². The first-order valence-corrected chi connectivity index (χ1v) is 8.69. The summed E-state index contributed by atoms with van der Waals surface area (Å²) in [5, 5.41) is 15.6. The third-order valence-corrected chi connectivity index (χ3v) is 4.63. The van der Waals surface area contributed by atoms with E-state index in [2.05, 4.69) is 4.99 Å². The molecule has 3 rings (SSSR count). The van der Waals surface area contributed by atoms with E-state index < -0.39 is 16.3 Å². The molecule has 0 radical (unpaired) electrons. The highest BCUT2D eigenvalue weighted by Crippen LogP contribution is 2.25. The predicted molar refractivity (Wildman–Crippen MR) is 89.2 cm³/mol. The number of nitrogens with zero attached hydrogens (tertiary/aromatic N) is 2. The lowest BCUT2D eigenvalue weighted by molar-refractivity contribution is 0.202. The molecule has 0 aromatic heterocycles. The van der Waals surface area contributed by atoms with Gasteiger partial charge in [-0.15, -0.1) is 0 Å². The van der Waals surface area contributed by atoms with Gasteiger partial charge in [-0.1, -0.05) is 11.6 Å². The number of amidine groups is 1. The Morgan fingerprint density at radius 3 is 2.30 bits per heavy atom. The number of nitrogens with two attached hydrogens (primary N) is 1. The summed E-state index contributed by atoms with van der Waals surface area (Å²) in [6, 6.07) is 13.2. The molecule has 0 spiro atoms. The molecule has 1 heterocycles. The summed E-state index contributed by atoms with van der Waals surface area (Å²) < 4.78 is 22.6. The molecule has 120 valence electrons. The second-order valence-electron chi connectivity index (χ2n) is 5.09. The van der Waals surface area contributed by atoms with Crippen LogP contribution in [0, 0.1) is 0 Å². The maximum Gasteiger partial charge on any atom is 0.238 e. The monoisotopic (exact) mass is 351 g/mol. The van der Waals surface area contributed by atoms with E-state index in [0.717, 1.165) is 5.56 Å². The number of anilines is 1. The zero-order valence-corrected chi connectivity index (χ0v) is 13.5. The second-order valence-corrected chi connectivity index (χ2v) is 7.09. The molecule has 0 amide bonds. The standard InChI is InChI=1S/C15H14ClN3O3S/c16-11-3-1-10(2-4-11)15-18-14(20)9-19(15)12-5-7-13(8-6-12)23(17,21)22/h1-8,14,20H,9H2,(H2,17,21,22). The van der Waals surface area contributed by atoms with Gasteiger partial charge in [0.05, 0.1) is 11.4 Å². The van der Waals surface area contributed by atoms with Crippen LogP contribution in [0.5, 0.6) is 0 Å². The van der Waals surface area contributed by atoms with Crippen LogP contribution < -0.4 is 10.0 Å². The van der Waals surface area contributed by atoms with Crippen LogP contribution in [0.25, 0.3) is 0 Å². The summed E-state index contributed by atoms with van der Waals surface area (Å²) >= 11 is 5.89. The highest BCUT2D eigenvalue weighted by molar-refractivity contribution is 7.89. The van der Waals surface area contributed by atoms with Crippen molar-refractivity contribution in [1.82, 2.24) is 0 Å². The van der Waals surface area contributed by atoms with E-state index in [9.17, 15) is 13.5 Å². The van der Waals surface area contributed by atoms with Gasteiger partial charge in [-0.05, 0) is 48.5 Å². The van der Waals surface area contributed by atoms with Gasteiger partial charge in [0, 0.05) is 16.3 Å². The van der Waals surface area contributed by atoms with Gasteiger partial charge in [-0.25, -0.2) is 18.5 Å². The van der Waals surface area contributed by atoms with Crippen molar-refractivity contribution >= 4 is 33.1 Å². The maximum absolute atomic E-state index is 11.3. The molecule has 1 aliphatic heterocycles. The summed E-state index contributed by atoms with van der Waals surface area (Å²) in [6.45, 7) is 0.284. The van der Waals surface area contributed by atoms with E-state index in [1.807, 2.05) is 12.1 Å². The van der Waals surface area contributed by atoms with Gasteiger partial charge in [-0.3, -0.25) is 0 Å². The first-order chi connectivity index (χ1) is 10.8. The van der Waals surface area contributed by atoms with Crippen molar-refractivity contribution in [3.05, 3.63) is 59.1 Å². The zero-order valence-electron chi connectivity index (χ0n) is 11.9. The van der Waals surface area contributed by atoms with Gasteiger partial charge in [0.25, 0.3) is 0 Å². The van der Waals surface area contributed by atoms with Crippen molar-refractivity contribution in [2.75, 3.05) is 11.4 Å². The van der Waals surface area contributed by atoms with Crippen LogP contribution in [0.1, 0.15) is 5.56 Å². The van der Waals surface area contributed by atoms with Crippen molar-refractivity contribution in [3.8, 4) is 0 Å². The number of hydrogen-bond acceptors (Lipinski definition) is 5. The Morgan fingerprint density at radius 2 is 1.74 bits per heavy atom. The highest BCUT2D eigenvalue weighted by Gasteiger charge is 2.26. The van der Waals surface area contributed by atoms with Crippen molar-refractivity contribution in [2.24, 2.45) is 10.1 Å². The van der Waals surface area contributed by atoms with Gasteiger partial charge < -0.3 is 10.0 Å². The summed E-state index contributed by atoms with van der Waals surface area (Å²) in [4.78, 5) is 6.07. The number of β-amino-alcohol motifs (C(OH)–C–C–N with tert-alkyl or cyclic N) is 1. The van der Waals surface area contributed by atoms with E-state index in [-0.39, 0.29) is 11.4 Å². The summed E-state index contributed by atoms with van der Waals surface area (Å²) in [7, 11) is -3.74. The average molecular weight is 352 g/mol. The van der Waals surface area contributed by atoms with Gasteiger partial charge >= 0.3 is 0 Å². The smallest absolute Gasteiger partial charge is 0.238 e. The van der Waals surface area contributed by atoms with E-state index in [1.54, 1.807) is 29.2 Å². The topological polar surface area (TPSA) is 96.0 Å². The molecule has 0 saturated carbocycles. The van der Waals surface area contributed by atoms with Crippen molar-refractivity contribution in [3.63, 3.8) is 0 Å². The molecule has 0 saturated heterocycles. The molecule has 2 aromatic rings. The van der Waals surface area contributed by atoms with Crippen LogP contribution >= 0.6 is 11.6 Å². The quantitative estimate of drug-likeness (QED) is 0.877. The molecule has 3 N–H and O–H groups in total. The fraction of sp³-hybridized carbons (Fsp3) is 0.133. The third kappa shape index (κ3) is 3.37. The Labute approximate surface area is 138 Å². The lowest BCUT2D eigenvalue weighted by Gasteiger charge is -2.21. The van der Waals surface area contributed by atoms with Crippen LogP contribution in [0.4, 0.5) is 5.69 Å². The zero-order chi connectivity index (χ0) is 16.6. The third-order valence-electron chi connectivity index (χ3n) is 3.45. The molecule has 0 aliphatic carbocycles. The SMILES string of the molecule is NS(=O)(=O)c1ccc(N2CC(O)N=C2c2ccc(Cl)cc2)cc1. The minimum atomic E-state index is -3.74. The number of aliphatic hydroxyl groups is 1. The van der Waals surface area contributed by atoms with Crippen LogP contribution in [0.3, 0.4) is 0 Å². The summed E-state index contributed by atoms with van der Waals surface area (Å²) in [5.41, 5.74) is 1.52. The Balaban J connectivity index is 1.95. The van der Waals surface area contributed by atoms with E-state index in [0.29, 0.717) is 16.5 Å². The highest BCUT2D eigenvalue weighted by atomic mass is 35.5. The molecule has 1 unspecified atom stereocenters. The van der Waals surface area contributed by atoms with Crippen LogP contribution in [0.15, 0.2) is 58.4 Å². The Bertz CT molecular complexity index is 849. The Hall–Kier alpha value is -1.93. The fourth-order valence-corrected chi connectivity index (χ4v) is 3.02. The predicted octanol–water partition coefficient (Wildman–Crippen LogP) is 1.57. The van der Waals surface area contributed by atoms with Crippen molar-refractivity contribution in [1.29, 1.82) is 0 Å². The molecule has 1 aliphatic rings. The number of halogens is 1. The maximum atomic E-state index is 11.3. The van der Waals surface area contributed by atoms with E-state index in [4.69, 9.17) is 16.7 Å². The van der Waals surface area contributed by atoms with E-state index in [1.165, 1.54) is 12.1 Å². The molecule has 1 atom stereocenters. The summed E-state index contributed by atoms with van der Waals surface area (Å²) in [5.74, 6) is 0.595. The van der Waals surface area contributed by atoms with Gasteiger partial charge in [-0.2, -0.15) is 0 Å². The number of sulfonamides is 1. The largest absolute Gasteiger partial charge is 0.370 e. The minimum Gasteiger partial charge on any atom is -0.370 e. The molecule has 8 heteroatoms. The minimum absolute atomic E-state index is 0.0333. The normalized spacial score (nSPS) is 18.1. The van der Waals surface area contributed by atoms with Gasteiger partial charge in [0.2, 0.25) is 10.0 Å². The average Bonchev–Trinajstić information content (AvgIpc) is 2.89. The van der Waals surface area contributed by atoms with Crippen LogP contribution in [0.2, 0.25) is 5.02 Å². The molecular weight excluding hydrogens is 338 g/mol. The number of primary sulfonamides is 1. The van der Waals surface area contributed by atoms with Crippen LogP contribution in [-0.2, 0) is 10.0 Å². The molecule has 0 fully saturated rings. The number of rotatable bonds is 3. The molecule has 6 nitrogen and oxygen atoms in total. The van der Waals surface area contributed by atoms with Crippen molar-refractivity contribution in [2.45, 2.75) is 11.1 Å². The van der Waals surface area contributed by atoms with Gasteiger partial charge in [0.15, 0.2) is 6.23 Å². The fourth-order valence-electron chi connectivity index (χ4n) is 2.37. The number of aliphatic imine (C=N–C) groups is 1. The molecular formula is C15H14ClN3O3S. The summed E-state index contributed by atoms with van der Waals surface area (Å²) in [6.07, 6.45) is -0.849. The Morgan fingerprint density at radius 1 is 1.13 bits per heavy atom. The van der Waals surface area contributed by atoms with E-state index >= 15 is 0 Å². The number of aliphatic hydroxyl groups excluding tert-OH is 1. The van der Waals surface area contributed by atoms with Crippen molar-refractivity contribution < 1.29 is 13.5 Å². The lowest BCUT2D eigenvalue weighted by atomic mass is 10.2. The second kappa shape index (κ2) is 5.93. The number of benzene rings is 2. The van der Waals surface area contributed by atoms with Gasteiger partial charge in [0.1, 0.15) is 5.84 Å². The first kappa shape index (κ1) is 15.9. The number of hydrogen-bond donors (Lipinski definition) is 2. The molecule has 23 heavy (non-hydrogen) atoms. The lowest BCUT2D eigenvalue weighted by Crippen LogP contribution is -2.29. The molecule has 0 bridgehead atoms. The molecule has 2 aromatic carbocycles. The Kier molecular flexibility index (Phi) is 4.11. The first-order valence-electron chi connectivity index (χ1n) is 6.77.